The van der Waals surface area contributed by atoms with Crippen molar-refractivity contribution in [2.45, 2.75) is 57.8 Å². The largest absolute Gasteiger partial charge is 0.308 e. The van der Waals surface area contributed by atoms with Gasteiger partial charge < -0.3 is 5.32 Å². The average molecular weight is 473 g/mol. The first-order valence-corrected chi connectivity index (χ1v) is 12.1. The molecule has 5 atom stereocenters. The van der Waals surface area contributed by atoms with E-state index in [4.69, 9.17) is 11.6 Å². The predicted molar refractivity (Wildman–Crippen MR) is 122 cm³/mol. The SMILES string of the molecule is C[C@]12CCC3c4ccc(Cl)cc4CCC3C1[C@H](CCC(=O)Nc1ncc(F)cc1F)CC2=O. The van der Waals surface area contributed by atoms with E-state index in [9.17, 15) is 18.4 Å². The first kappa shape index (κ1) is 22.5. The van der Waals surface area contributed by atoms with Crippen molar-refractivity contribution in [2.24, 2.45) is 23.2 Å². The molecule has 1 aromatic carbocycles. The number of carbonyl (C=O) groups is 2. The molecule has 174 valence electrons. The molecule has 1 N–H and O–H groups in total. The smallest absolute Gasteiger partial charge is 0.225 e. The number of anilines is 1. The van der Waals surface area contributed by atoms with Crippen molar-refractivity contribution >= 4 is 29.1 Å². The molecule has 3 aliphatic rings. The maximum Gasteiger partial charge on any atom is 0.225 e. The van der Waals surface area contributed by atoms with Gasteiger partial charge in [0.05, 0.1) is 6.20 Å². The topological polar surface area (TPSA) is 59.1 Å². The van der Waals surface area contributed by atoms with Crippen molar-refractivity contribution in [2.75, 3.05) is 5.32 Å². The lowest BCUT2D eigenvalue weighted by Crippen LogP contribution is -2.44. The van der Waals surface area contributed by atoms with Crippen molar-refractivity contribution in [1.82, 2.24) is 4.98 Å². The summed E-state index contributed by atoms with van der Waals surface area (Å²) in [7, 11) is 0. The Hall–Kier alpha value is -2.34. The van der Waals surface area contributed by atoms with Gasteiger partial charge in [-0.15, -0.1) is 0 Å². The van der Waals surface area contributed by atoms with Gasteiger partial charge in [0.25, 0.3) is 0 Å². The Morgan fingerprint density at radius 3 is 2.88 bits per heavy atom. The molecule has 5 rings (SSSR count). The molecule has 4 nitrogen and oxygen atoms in total. The number of aryl methyl sites for hydroxylation is 1. The number of nitrogens with one attached hydrogen (secondary N) is 1. The zero-order valence-corrected chi connectivity index (χ0v) is 19.3. The van der Waals surface area contributed by atoms with Gasteiger partial charge in [-0.05, 0) is 79.0 Å². The lowest BCUT2D eigenvalue weighted by Gasteiger charge is -2.50. The van der Waals surface area contributed by atoms with Crippen LogP contribution in [0.5, 0.6) is 0 Å². The zero-order chi connectivity index (χ0) is 23.3. The number of amides is 1. The highest BCUT2D eigenvalue weighted by Crippen LogP contribution is 2.62. The summed E-state index contributed by atoms with van der Waals surface area (Å²) in [5, 5.41) is 3.20. The van der Waals surface area contributed by atoms with Crippen LogP contribution in [0.1, 0.15) is 62.5 Å². The molecule has 33 heavy (non-hydrogen) atoms. The summed E-state index contributed by atoms with van der Waals surface area (Å²) < 4.78 is 26.9. The first-order chi connectivity index (χ1) is 15.8. The van der Waals surface area contributed by atoms with Crippen LogP contribution >= 0.6 is 11.6 Å². The number of halogens is 3. The number of benzene rings is 1. The lowest BCUT2D eigenvalue weighted by molar-refractivity contribution is -0.129. The van der Waals surface area contributed by atoms with Crippen LogP contribution in [0.25, 0.3) is 0 Å². The minimum Gasteiger partial charge on any atom is -0.308 e. The van der Waals surface area contributed by atoms with Crippen LogP contribution in [0.2, 0.25) is 5.02 Å². The molecule has 2 saturated carbocycles. The van der Waals surface area contributed by atoms with E-state index in [0.717, 1.165) is 36.9 Å². The number of Topliss-reactive ketones (excluding diaryl/α,β-unsaturated/α-hetero) is 1. The Balaban J connectivity index is 1.32. The molecule has 0 aliphatic heterocycles. The summed E-state index contributed by atoms with van der Waals surface area (Å²) in [5.41, 5.74) is 2.35. The van der Waals surface area contributed by atoms with Crippen LogP contribution in [0.15, 0.2) is 30.5 Å². The molecule has 2 fully saturated rings. The van der Waals surface area contributed by atoms with Crippen LogP contribution < -0.4 is 5.32 Å². The molecule has 0 saturated heterocycles. The van der Waals surface area contributed by atoms with Gasteiger partial charge in [0.1, 0.15) is 11.6 Å². The molecule has 0 spiro atoms. The number of hydrogen-bond acceptors (Lipinski definition) is 3. The molecule has 1 heterocycles. The molecule has 7 heteroatoms. The number of hydrogen-bond donors (Lipinski definition) is 1. The van der Waals surface area contributed by atoms with Gasteiger partial charge in [-0.1, -0.05) is 24.6 Å². The molecular formula is C26H27ClF2N2O2. The summed E-state index contributed by atoms with van der Waals surface area (Å²) in [6, 6.07) is 6.88. The number of rotatable bonds is 4. The van der Waals surface area contributed by atoms with Crippen molar-refractivity contribution in [3.8, 4) is 0 Å². The third kappa shape index (κ3) is 3.96. The van der Waals surface area contributed by atoms with E-state index in [1.807, 2.05) is 6.07 Å². The maximum absolute atomic E-state index is 13.8. The number of nitrogens with zero attached hydrogens (tertiary/aromatic N) is 1. The van der Waals surface area contributed by atoms with E-state index < -0.39 is 11.6 Å². The second-order valence-electron chi connectivity index (χ2n) is 10.1. The Labute approximate surface area is 197 Å². The molecule has 2 aromatic rings. The number of aromatic nitrogens is 1. The molecule has 0 bridgehead atoms. The number of fused-ring (bicyclic) bond motifs is 5. The van der Waals surface area contributed by atoms with Gasteiger partial charge in [0.2, 0.25) is 5.91 Å². The van der Waals surface area contributed by atoms with E-state index in [1.54, 1.807) is 0 Å². The van der Waals surface area contributed by atoms with Gasteiger partial charge in [0.15, 0.2) is 11.6 Å². The Morgan fingerprint density at radius 1 is 1.27 bits per heavy atom. The fourth-order valence-electron chi connectivity index (χ4n) is 6.89. The highest BCUT2D eigenvalue weighted by Gasteiger charge is 2.58. The second kappa shape index (κ2) is 8.46. The average Bonchev–Trinajstić information content (AvgIpc) is 3.04. The minimum atomic E-state index is -0.900. The van der Waals surface area contributed by atoms with Crippen LogP contribution in [0.3, 0.4) is 0 Å². The summed E-state index contributed by atoms with van der Waals surface area (Å²) in [6.07, 6.45) is 5.96. The first-order valence-electron chi connectivity index (χ1n) is 11.7. The van der Waals surface area contributed by atoms with E-state index in [1.165, 1.54) is 11.1 Å². The summed E-state index contributed by atoms with van der Waals surface area (Å²) in [5.74, 6) is -0.831. The van der Waals surface area contributed by atoms with Gasteiger partial charge in [-0.2, -0.15) is 0 Å². The van der Waals surface area contributed by atoms with E-state index in [2.05, 4.69) is 29.4 Å². The fourth-order valence-corrected chi connectivity index (χ4v) is 7.09. The Bertz CT molecular complexity index is 1120. The Morgan fingerprint density at radius 2 is 2.09 bits per heavy atom. The van der Waals surface area contributed by atoms with Gasteiger partial charge in [-0.3, -0.25) is 9.59 Å². The van der Waals surface area contributed by atoms with E-state index in [-0.39, 0.29) is 35.4 Å². The fraction of sp³-hybridized carbons (Fsp3) is 0.500. The molecular weight excluding hydrogens is 446 g/mol. The molecule has 3 aliphatic carbocycles. The number of ketones is 1. The zero-order valence-electron chi connectivity index (χ0n) is 18.5. The van der Waals surface area contributed by atoms with E-state index in [0.29, 0.717) is 36.5 Å². The normalized spacial score (nSPS) is 30.4. The van der Waals surface area contributed by atoms with Crippen molar-refractivity contribution in [1.29, 1.82) is 0 Å². The quantitative estimate of drug-likeness (QED) is 0.586. The van der Waals surface area contributed by atoms with Crippen LogP contribution in [-0.4, -0.2) is 16.7 Å². The minimum absolute atomic E-state index is 0.126. The number of carbonyl (C=O) groups excluding carboxylic acids is 2. The van der Waals surface area contributed by atoms with Crippen LogP contribution in [0.4, 0.5) is 14.6 Å². The van der Waals surface area contributed by atoms with Crippen molar-refractivity contribution in [3.63, 3.8) is 0 Å². The van der Waals surface area contributed by atoms with Gasteiger partial charge >= 0.3 is 0 Å². The van der Waals surface area contributed by atoms with Gasteiger partial charge in [0, 0.05) is 29.3 Å². The monoisotopic (exact) mass is 472 g/mol. The van der Waals surface area contributed by atoms with E-state index >= 15 is 0 Å². The summed E-state index contributed by atoms with van der Waals surface area (Å²) in [6.45, 7) is 2.12. The maximum atomic E-state index is 13.8. The second-order valence-corrected chi connectivity index (χ2v) is 10.5. The predicted octanol–water partition coefficient (Wildman–Crippen LogP) is 6.08. The van der Waals surface area contributed by atoms with Crippen LogP contribution in [-0.2, 0) is 16.0 Å². The van der Waals surface area contributed by atoms with Gasteiger partial charge in [-0.25, -0.2) is 13.8 Å². The highest BCUT2D eigenvalue weighted by atomic mass is 35.5. The Kier molecular flexibility index (Phi) is 5.76. The van der Waals surface area contributed by atoms with Crippen molar-refractivity contribution < 1.29 is 18.4 Å². The third-order valence-electron chi connectivity index (χ3n) is 8.34. The third-order valence-corrected chi connectivity index (χ3v) is 8.58. The number of pyridine rings is 1. The molecule has 1 aromatic heterocycles. The van der Waals surface area contributed by atoms with Crippen LogP contribution in [0, 0.1) is 34.8 Å². The highest BCUT2D eigenvalue weighted by molar-refractivity contribution is 6.30. The lowest BCUT2D eigenvalue weighted by atomic mass is 9.54. The van der Waals surface area contributed by atoms with Crippen molar-refractivity contribution in [3.05, 3.63) is 58.2 Å². The molecule has 0 radical (unpaired) electrons. The standard InChI is InChI=1S/C26H27ClF2N2O2/c1-26-9-8-19-18-6-4-16(27)10-14(18)2-5-20(19)24(26)15(11-22(26)32)3-7-23(33)31-25-21(29)12-17(28)13-30-25/h4,6,10,12-13,15,19-20,24H,2-3,5,7-9,11H2,1H3,(H,30,31,33)/t15-,19?,20?,24?,26-/m1/s1. The molecule has 1 amide bonds. The summed E-state index contributed by atoms with van der Waals surface area (Å²) in [4.78, 5) is 29.2. The summed E-state index contributed by atoms with van der Waals surface area (Å²) >= 11 is 6.22. The molecule has 3 unspecified atom stereocenters.